The Morgan fingerprint density at radius 1 is 1.34 bits per heavy atom. The van der Waals surface area contributed by atoms with Crippen molar-refractivity contribution in [1.29, 1.82) is 0 Å². The summed E-state index contributed by atoms with van der Waals surface area (Å²) in [7, 11) is -2.19. The monoisotopic (exact) mass is 499 g/mol. The molecule has 1 amide bonds. The molecule has 2 heterocycles. The van der Waals surface area contributed by atoms with E-state index >= 15 is 0 Å². The molecule has 1 aromatic heterocycles. The maximum atomic E-state index is 13.6. The third kappa shape index (κ3) is 5.27. The highest BCUT2D eigenvalue weighted by Gasteiger charge is 2.38. The lowest BCUT2D eigenvalue weighted by Crippen LogP contribution is -2.50. The van der Waals surface area contributed by atoms with Crippen molar-refractivity contribution in [3.8, 4) is 5.75 Å². The van der Waals surface area contributed by atoms with E-state index in [1.54, 1.807) is 49.3 Å². The van der Waals surface area contributed by atoms with Crippen LogP contribution in [0.1, 0.15) is 49.0 Å². The summed E-state index contributed by atoms with van der Waals surface area (Å²) in [5.74, 6) is -0.149. The van der Waals surface area contributed by atoms with Crippen molar-refractivity contribution in [2.45, 2.75) is 50.2 Å². The predicted octanol–water partition coefficient (Wildman–Crippen LogP) is 3.19. The van der Waals surface area contributed by atoms with Crippen LogP contribution in [-0.2, 0) is 10.0 Å². The average Bonchev–Trinajstić information content (AvgIpc) is 3.40. The van der Waals surface area contributed by atoms with E-state index < -0.39 is 22.2 Å². The lowest BCUT2D eigenvalue weighted by molar-refractivity contribution is 0.0563. The van der Waals surface area contributed by atoms with Gasteiger partial charge in [-0.1, -0.05) is 19.1 Å². The molecule has 0 bridgehead atoms. The number of hydrogen-bond acceptors (Lipinski definition) is 6. The molecule has 1 N–H and O–H groups in total. The van der Waals surface area contributed by atoms with Gasteiger partial charge in [0.05, 0.1) is 18.7 Å². The van der Waals surface area contributed by atoms with Gasteiger partial charge in [-0.15, -0.1) is 0 Å². The standard InChI is InChI=1S/C26H33N3O5S/c1-18-15-29(19(2)17-30)35(32,33)25-11-10-21(20-7-4-5-8-20)13-23(25)34-24(18)16-28(3)26(31)22-9-6-12-27-14-22/h6-7,9-14,18-19,24,30H,4-5,8,15-17H2,1-3H3/t18-,19-,24-/m0/s1. The van der Waals surface area contributed by atoms with E-state index in [-0.39, 0.29) is 42.2 Å². The fourth-order valence-corrected chi connectivity index (χ4v) is 6.46. The highest BCUT2D eigenvalue weighted by molar-refractivity contribution is 7.89. The first-order valence-electron chi connectivity index (χ1n) is 12.0. The summed E-state index contributed by atoms with van der Waals surface area (Å²) in [4.78, 5) is 18.6. The van der Waals surface area contributed by atoms with Gasteiger partial charge in [-0.2, -0.15) is 4.31 Å². The highest BCUT2D eigenvalue weighted by atomic mass is 32.2. The first-order chi connectivity index (χ1) is 16.7. The van der Waals surface area contributed by atoms with Crippen molar-refractivity contribution >= 4 is 21.5 Å². The molecule has 8 nitrogen and oxygen atoms in total. The van der Waals surface area contributed by atoms with Crippen LogP contribution in [0.3, 0.4) is 0 Å². The summed E-state index contributed by atoms with van der Waals surface area (Å²) in [5, 5.41) is 9.81. The summed E-state index contributed by atoms with van der Waals surface area (Å²) in [6.45, 7) is 3.74. The number of allylic oxidation sites excluding steroid dienone is 2. The van der Waals surface area contributed by atoms with Gasteiger partial charge in [-0.25, -0.2) is 8.42 Å². The quantitative estimate of drug-likeness (QED) is 0.655. The van der Waals surface area contributed by atoms with Crippen LogP contribution >= 0.6 is 0 Å². The minimum absolute atomic E-state index is 0.0817. The lowest BCUT2D eigenvalue weighted by atomic mass is 10.0. The topological polar surface area (TPSA) is 100 Å². The SMILES string of the molecule is C[C@H]1CN([C@@H](C)CO)S(=O)(=O)c2ccc(C3=CCCC3)cc2O[C@H]1CN(C)C(=O)c1cccnc1. The average molecular weight is 500 g/mol. The van der Waals surface area contributed by atoms with E-state index in [0.29, 0.717) is 5.56 Å². The van der Waals surface area contributed by atoms with Crippen LogP contribution in [0.15, 0.2) is 53.7 Å². The summed E-state index contributed by atoms with van der Waals surface area (Å²) in [6, 6.07) is 8.07. The number of amides is 1. The largest absolute Gasteiger partial charge is 0.487 e. The number of carbonyl (C=O) groups is 1. The number of benzene rings is 1. The molecule has 188 valence electrons. The zero-order chi connectivity index (χ0) is 25.2. The molecule has 1 aliphatic carbocycles. The maximum Gasteiger partial charge on any atom is 0.255 e. The van der Waals surface area contributed by atoms with Crippen molar-refractivity contribution in [3.05, 3.63) is 59.9 Å². The molecular weight excluding hydrogens is 466 g/mol. The molecule has 2 aliphatic rings. The number of pyridine rings is 1. The van der Waals surface area contributed by atoms with Gasteiger partial charge >= 0.3 is 0 Å². The summed E-state index contributed by atoms with van der Waals surface area (Å²) in [6.07, 6.45) is 7.89. The summed E-state index contributed by atoms with van der Waals surface area (Å²) >= 11 is 0. The molecule has 0 unspecified atom stereocenters. The highest BCUT2D eigenvalue weighted by Crippen LogP contribution is 2.37. The Morgan fingerprint density at radius 2 is 2.14 bits per heavy atom. The second-order valence-corrected chi connectivity index (χ2v) is 11.3. The molecule has 1 aromatic carbocycles. The summed E-state index contributed by atoms with van der Waals surface area (Å²) < 4.78 is 35.0. The van der Waals surface area contributed by atoms with Gasteiger partial charge in [0.2, 0.25) is 10.0 Å². The van der Waals surface area contributed by atoms with Gasteiger partial charge < -0.3 is 14.7 Å². The van der Waals surface area contributed by atoms with Crippen LogP contribution in [0.2, 0.25) is 0 Å². The molecule has 2 aromatic rings. The Bertz CT molecular complexity index is 1200. The number of rotatable bonds is 6. The van der Waals surface area contributed by atoms with E-state index in [1.807, 2.05) is 13.0 Å². The molecule has 0 saturated carbocycles. The van der Waals surface area contributed by atoms with Gasteiger partial charge in [0, 0.05) is 37.9 Å². The Balaban J connectivity index is 1.72. The number of ether oxygens (including phenoxy) is 1. The van der Waals surface area contributed by atoms with Crippen LogP contribution in [0.4, 0.5) is 0 Å². The molecule has 35 heavy (non-hydrogen) atoms. The zero-order valence-corrected chi connectivity index (χ0v) is 21.2. The van der Waals surface area contributed by atoms with E-state index in [4.69, 9.17) is 4.74 Å². The van der Waals surface area contributed by atoms with Gasteiger partial charge in [-0.05, 0) is 61.6 Å². The Kier molecular flexibility index (Phi) is 7.59. The van der Waals surface area contributed by atoms with Gasteiger partial charge in [-0.3, -0.25) is 9.78 Å². The molecule has 0 saturated heterocycles. The maximum absolute atomic E-state index is 13.6. The van der Waals surface area contributed by atoms with Crippen LogP contribution in [-0.4, -0.2) is 72.5 Å². The number of fused-ring (bicyclic) bond motifs is 1. The number of sulfonamides is 1. The third-order valence-corrected chi connectivity index (χ3v) is 8.81. The molecule has 0 radical (unpaired) electrons. The number of likely N-dealkylation sites (N-methyl/N-ethyl adjacent to an activating group) is 1. The number of nitrogens with zero attached hydrogens (tertiary/aromatic N) is 3. The second kappa shape index (κ2) is 10.5. The minimum atomic E-state index is -3.90. The van der Waals surface area contributed by atoms with Crippen LogP contribution in [0, 0.1) is 5.92 Å². The number of aromatic nitrogens is 1. The number of carbonyl (C=O) groups excluding carboxylic acids is 1. The molecule has 0 fully saturated rings. The predicted molar refractivity (Wildman–Crippen MR) is 133 cm³/mol. The molecule has 1 aliphatic heterocycles. The van der Waals surface area contributed by atoms with Crippen molar-refractivity contribution < 1.29 is 23.1 Å². The van der Waals surface area contributed by atoms with E-state index in [2.05, 4.69) is 11.1 Å². The van der Waals surface area contributed by atoms with Crippen molar-refractivity contribution in [3.63, 3.8) is 0 Å². The fourth-order valence-electron chi connectivity index (χ4n) is 4.64. The van der Waals surface area contributed by atoms with Crippen LogP contribution in [0.5, 0.6) is 5.75 Å². The minimum Gasteiger partial charge on any atom is -0.487 e. The number of aliphatic hydroxyl groups excluding tert-OH is 1. The van der Waals surface area contributed by atoms with E-state index in [1.165, 1.54) is 16.1 Å². The zero-order valence-electron chi connectivity index (χ0n) is 20.4. The number of aliphatic hydroxyl groups is 1. The van der Waals surface area contributed by atoms with Gasteiger partial charge in [0.25, 0.3) is 5.91 Å². The third-order valence-electron chi connectivity index (χ3n) is 6.79. The van der Waals surface area contributed by atoms with Crippen LogP contribution < -0.4 is 4.74 Å². The fraction of sp³-hybridized carbons (Fsp3) is 0.462. The van der Waals surface area contributed by atoms with Gasteiger partial charge in [0.1, 0.15) is 16.7 Å². The second-order valence-electron chi connectivity index (χ2n) is 9.45. The first kappa shape index (κ1) is 25.3. The first-order valence-corrected chi connectivity index (χ1v) is 13.4. The Morgan fingerprint density at radius 3 is 2.80 bits per heavy atom. The molecular formula is C26H33N3O5S. The van der Waals surface area contributed by atoms with E-state index in [0.717, 1.165) is 24.8 Å². The van der Waals surface area contributed by atoms with Crippen molar-refractivity contribution in [2.75, 3.05) is 26.7 Å². The summed E-state index contributed by atoms with van der Waals surface area (Å²) in [5.41, 5.74) is 2.61. The molecule has 0 spiro atoms. The lowest BCUT2D eigenvalue weighted by Gasteiger charge is -2.37. The normalized spacial score (nSPS) is 22.8. The smallest absolute Gasteiger partial charge is 0.255 e. The van der Waals surface area contributed by atoms with Crippen molar-refractivity contribution in [2.24, 2.45) is 5.92 Å². The molecule has 3 atom stereocenters. The Hall–Kier alpha value is -2.75. The van der Waals surface area contributed by atoms with E-state index in [9.17, 15) is 18.3 Å². The van der Waals surface area contributed by atoms with Gasteiger partial charge in [0.15, 0.2) is 0 Å². The number of hydrogen-bond donors (Lipinski definition) is 1. The molecule has 9 heteroatoms. The van der Waals surface area contributed by atoms with Crippen molar-refractivity contribution in [1.82, 2.24) is 14.2 Å². The molecule has 4 rings (SSSR count). The van der Waals surface area contributed by atoms with Crippen LogP contribution in [0.25, 0.3) is 5.57 Å². The Labute approximate surface area is 207 Å².